The van der Waals surface area contributed by atoms with E-state index in [9.17, 15) is 14.0 Å². The van der Waals surface area contributed by atoms with Crippen LogP contribution in [0.1, 0.15) is 37.0 Å². The van der Waals surface area contributed by atoms with Gasteiger partial charge in [-0.3, -0.25) is 9.59 Å². The largest absolute Gasteiger partial charge is 0.350 e. The van der Waals surface area contributed by atoms with Crippen molar-refractivity contribution < 1.29 is 23.5 Å². The van der Waals surface area contributed by atoms with Crippen LogP contribution in [0.2, 0.25) is 0 Å². The fourth-order valence-electron chi connectivity index (χ4n) is 2.50. The van der Waals surface area contributed by atoms with E-state index in [-0.39, 0.29) is 23.8 Å². The number of hydrogen-bond donors (Lipinski definition) is 0. The number of Topliss-reactive ketones (excluding diaryl/α,β-unsaturated/α-hetero) is 2. The Morgan fingerprint density at radius 2 is 1.77 bits per heavy atom. The summed E-state index contributed by atoms with van der Waals surface area (Å²) in [6.45, 7) is 4.63. The van der Waals surface area contributed by atoms with Crippen LogP contribution in [-0.4, -0.2) is 31.1 Å². The predicted octanol–water partition coefficient (Wildman–Crippen LogP) is 3.00. The summed E-state index contributed by atoms with van der Waals surface area (Å²) in [5.74, 6) is -1.75. The van der Waals surface area contributed by atoms with Gasteiger partial charge in [-0.25, -0.2) is 4.39 Å². The Morgan fingerprint density at radius 3 is 2.32 bits per heavy atom. The second kappa shape index (κ2) is 7.61. The maximum Gasteiger partial charge on any atom is 0.173 e. The van der Waals surface area contributed by atoms with Gasteiger partial charge in [-0.1, -0.05) is 13.8 Å². The number of ketones is 2. The van der Waals surface area contributed by atoms with Gasteiger partial charge in [0.2, 0.25) is 0 Å². The molecule has 1 fully saturated rings. The molecule has 5 heteroatoms. The third-order valence-corrected chi connectivity index (χ3v) is 3.74. The van der Waals surface area contributed by atoms with Gasteiger partial charge in [-0.2, -0.15) is 0 Å². The van der Waals surface area contributed by atoms with Crippen LogP contribution in [0, 0.1) is 17.7 Å². The molecule has 0 radical (unpaired) electrons. The van der Waals surface area contributed by atoms with Crippen molar-refractivity contribution in [1.29, 1.82) is 0 Å². The average molecular weight is 308 g/mol. The minimum atomic E-state index is -0.738. The Morgan fingerprint density at radius 1 is 1.18 bits per heavy atom. The van der Waals surface area contributed by atoms with Crippen LogP contribution in [0.15, 0.2) is 24.3 Å². The normalized spacial score (nSPS) is 16.9. The maximum atomic E-state index is 13.0. The van der Waals surface area contributed by atoms with Gasteiger partial charge >= 0.3 is 0 Å². The summed E-state index contributed by atoms with van der Waals surface area (Å²) in [5.41, 5.74) is 0.355. The number of benzene rings is 1. The fourth-order valence-corrected chi connectivity index (χ4v) is 2.50. The summed E-state index contributed by atoms with van der Waals surface area (Å²) in [7, 11) is 0. The molecule has 0 amide bonds. The van der Waals surface area contributed by atoms with Crippen LogP contribution in [0.3, 0.4) is 0 Å². The monoisotopic (exact) mass is 308 g/mol. The smallest absolute Gasteiger partial charge is 0.173 e. The third-order valence-electron chi connectivity index (χ3n) is 3.74. The second-order valence-electron chi connectivity index (χ2n) is 5.73. The number of halogens is 1. The molecule has 120 valence electrons. The van der Waals surface area contributed by atoms with Crippen molar-refractivity contribution in [2.24, 2.45) is 11.8 Å². The van der Waals surface area contributed by atoms with Gasteiger partial charge < -0.3 is 9.47 Å². The average Bonchev–Trinajstić information content (AvgIpc) is 3.01. The quantitative estimate of drug-likeness (QED) is 0.574. The van der Waals surface area contributed by atoms with Crippen molar-refractivity contribution in [3.63, 3.8) is 0 Å². The lowest BCUT2D eigenvalue weighted by Gasteiger charge is -2.18. The van der Waals surface area contributed by atoms with E-state index in [1.807, 2.05) is 0 Å². The first-order chi connectivity index (χ1) is 10.5. The minimum absolute atomic E-state index is 0.104. The highest BCUT2D eigenvalue weighted by atomic mass is 19.1. The van der Waals surface area contributed by atoms with E-state index in [0.717, 1.165) is 0 Å². The molecule has 4 nitrogen and oxygen atoms in total. The first-order valence-corrected chi connectivity index (χ1v) is 7.55. The Kier molecular flexibility index (Phi) is 5.80. The molecule has 0 N–H and O–H groups in total. The second-order valence-corrected chi connectivity index (χ2v) is 5.73. The Labute approximate surface area is 129 Å². The molecule has 2 rings (SSSR count). The lowest BCUT2D eigenvalue weighted by molar-refractivity contribution is -0.125. The third kappa shape index (κ3) is 4.21. The van der Waals surface area contributed by atoms with Crippen LogP contribution >= 0.6 is 0 Å². The molecule has 0 bridgehead atoms. The van der Waals surface area contributed by atoms with Gasteiger partial charge in [0.15, 0.2) is 12.1 Å². The summed E-state index contributed by atoms with van der Waals surface area (Å²) in [6.07, 6.45) is 0.525. The molecule has 0 spiro atoms. The van der Waals surface area contributed by atoms with E-state index in [4.69, 9.17) is 9.47 Å². The van der Waals surface area contributed by atoms with Crippen LogP contribution in [0.5, 0.6) is 0 Å². The number of ether oxygens (including phenoxy) is 2. The van der Waals surface area contributed by atoms with Gasteiger partial charge in [0, 0.05) is 11.5 Å². The van der Waals surface area contributed by atoms with Gasteiger partial charge in [0.05, 0.1) is 19.1 Å². The molecule has 0 saturated carbocycles. The van der Waals surface area contributed by atoms with Crippen molar-refractivity contribution in [1.82, 2.24) is 0 Å². The van der Waals surface area contributed by atoms with E-state index in [1.165, 1.54) is 24.3 Å². The molecular formula is C17H21FO4. The first kappa shape index (κ1) is 16.8. The number of carbonyl (C=O) groups excluding carboxylic acids is 2. The van der Waals surface area contributed by atoms with E-state index >= 15 is 0 Å². The Hall–Kier alpha value is -1.59. The molecular weight excluding hydrogens is 287 g/mol. The molecule has 22 heavy (non-hydrogen) atoms. The predicted molar refractivity (Wildman–Crippen MR) is 79.0 cm³/mol. The lowest BCUT2D eigenvalue weighted by Crippen LogP contribution is -2.29. The van der Waals surface area contributed by atoms with Gasteiger partial charge in [0.25, 0.3) is 0 Å². The van der Waals surface area contributed by atoms with Crippen molar-refractivity contribution in [2.45, 2.75) is 33.0 Å². The van der Waals surface area contributed by atoms with Crippen LogP contribution < -0.4 is 0 Å². The number of rotatable bonds is 7. The number of carbonyl (C=O) groups is 2. The van der Waals surface area contributed by atoms with Crippen LogP contribution in [0.4, 0.5) is 4.39 Å². The standard InChI is InChI=1S/C17H21FO4/c1-11(2)16(19)14(7-8-15-21-9-10-22-15)17(20)12-3-5-13(18)6-4-12/h3-6,11,14-15H,7-10H2,1-2H3. The Bertz CT molecular complexity index is 518. The molecule has 1 atom stereocenters. The highest BCUT2D eigenvalue weighted by Crippen LogP contribution is 2.22. The van der Waals surface area contributed by atoms with Crippen LogP contribution in [-0.2, 0) is 14.3 Å². The van der Waals surface area contributed by atoms with Crippen molar-refractivity contribution in [2.75, 3.05) is 13.2 Å². The topological polar surface area (TPSA) is 52.6 Å². The number of hydrogen-bond acceptors (Lipinski definition) is 4. The molecule has 1 aromatic rings. The molecule has 1 aliphatic heterocycles. The molecule has 1 unspecified atom stereocenters. The van der Waals surface area contributed by atoms with E-state index < -0.39 is 11.7 Å². The van der Waals surface area contributed by atoms with Gasteiger partial charge in [-0.05, 0) is 37.1 Å². The van der Waals surface area contributed by atoms with Crippen molar-refractivity contribution in [3.8, 4) is 0 Å². The van der Waals surface area contributed by atoms with Gasteiger partial charge in [-0.15, -0.1) is 0 Å². The zero-order valence-electron chi connectivity index (χ0n) is 12.9. The molecule has 1 saturated heterocycles. The van der Waals surface area contributed by atoms with Gasteiger partial charge in [0.1, 0.15) is 11.6 Å². The minimum Gasteiger partial charge on any atom is -0.350 e. The molecule has 0 aromatic heterocycles. The van der Waals surface area contributed by atoms with E-state index in [1.54, 1.807) is 13.8 Å². The summed E-state index contributed by atoms with van der Waals surface area (Å²) in [4.78, 5) is 24.9. The summed E-state index contributed by atoms with van der Waals surface area (Å²) < 4.78 is 23.7. The fraction of sp³-hybridized carbons (Fsp3) is 0.529. The molecule has 1 aliphatic rings. The molecule has 1 aromatic carbocycles. The highest BCUT2D eigenvalue weighted by Gasteiger charge is 2.30. The zero-order valence-corrected chi connectivity index (χ0v) is 12.9. The maximum absolute atomic E-state index is 13.0. The van der Waals surface area contributed by atoms with Crippen LogP contribution in [0.25, 0.3) is 0 Å². The molecule has 0 aliphatic carbocycles. The van der Waals surface area contributed by atoms with E-state index in [2.05, 4.69) is 0 Å². The van der Waals surface area contributed by atoms with E-state index in [0.29, 0.717) is 31.6 Å². The Balaban J connectivity index is 2.10. The summed E-state index contributed by atoms with van der Waals surface area (Å²) >= 11 is 0. The SMILES string of the molecule is CC(C)C(=O)C(CCC1OCCO1)C(=O)c1ccc(F)cc1. The van der Waals surface area contributed by atoms with Crippen molar-refractivity contribution >= 4 is 11.6 Å². The van der Waals surface area contributed by atoms with Crippen molar-refractivity contribution in [3.05, 3.63) is 35.6 Å². The highest BCUT2D eigenvalue weighted by molar-refractivity contribution is 6.11. The lowest BCUT2D eigenvalue weighted by atomic mass is 9.85. The zero-order chi connectivity index (χ0) is 16.1. The molecule has 1 heterocycles. The summed E-state index contributed by atoms with van der Waals surface area (Å²) in [6, 6.07) is 5.29. The summed E-state index contributed by atoms with van der Waals surface area (Å²) in [5, 5.41) is 0. The first-order valence-electron chi connectivity index (χ1n) is 7.55.